The zero-order valence-corrected chi connectivity index (χ0v) is 10.1. The summed E-state index contributed by atoms with van der Waals surface area (Å²) in [6.45, 7) is 7.03. The maximum Gasteiger partial charge on any atom is 0.225 e. The maximum absolute atomic E-state index is 12.0. The van der Waals surface area contributed by atoms with Crippen LogP contribution >= 0.6 is 0 Å². The van der Waals surface area contributed by atoms with Crippen molar-refractivity contribution in [2.75, 3.05) is 13.1 Å². The number of amides is 1. The quantitative estimate of drug-likeness (QED) is 0.756. The number of likely N-dealkylation sites (tertiary alicyclic amines) is 1. The lowest BCUT2D eigenvalue weighted by molar-refractivity contribution is -0.157. The lowest BCUT2D eigenvalue weighted by Crippen LogP contribution is -2.62. The summed E-state index contributed by atoms with van der Waals surface area (Å²) < 4.78 is 0. The summed E-state index contributed by atoms with van der Waals surface area (Å²) in [5.41, 5.74) is -0.640. The van der Waals surface area contributed by atoms with Crippen LogP contribution in [0.15, 0.2) is 0 Å². The Morgan fingerprint density at radius 2 is 1.80 bits per heavy atom. The lowest BCUT2D eigenvalue weighted by atomic mass is 9.91. The molecule has 1 rings (SSSR count). The lowest BCUT2D eigenvalue weighted by Gasteiger charge is -2.45. The van der Waals surface area contributed by atoms with E-state index in [4.69, 9.17) is 0 Å². The summed E-state index contributed by atoms with van der Waals surface area (Å²) >= 11 is 0. The van der Waals surface area contributed by atoms with E-state index in [1.807, 2.05) is 0 Å². The van der Waals surface area contributed by atoms with E-state index in [9.17, 15) is 9.90 Å². The Hall–Kier alpha value is -0.570. The fraction of sp³-hybridized carbons (Fsp3) is 0.917. The Kier molecular flexibility index (Phi) is 4.14. The summed E-state index contributed by atoms with van der Waals surface area (Å²) in [6, 6.07) is 0. The molecule has 3 nitrogen and oxygen atoms in total. The zero-order valence-electron chi connectivity index (χ0n) is 10.1. The highest BCUT2D eigenvalue weighted by molar-refractivity contribution is 5.79. The van der Waals surface area contributed by atoms with Crippen LogP contribution in [0.4, 0.5) is 0 Å². The number of rotatable bonds is 5. The van der Waals surface area contributed by atoms with Crippen LogP contribution in [-0.4, -0.2) is 34.6 Å². The standard InChI is InChI=1S/C12H23NO2/c1-4-6-10(7-5-2)11(14)13-8-12(3,15)9-13/h10,15H,4-9H2,1-3H3. The SMILES string of the molecule is CCCC(CCC)C(=O)N1CC(C)(O)C1. The molecule has 3 heteroatoms. The van der Waals surface area contributed by atoms with Crippen molar-refractivity contribution in [1.29, 1.82) is 0 Å². The van der Waals surface area contributed by atoms with Crippen LogP contribution in [-0.2, 0) is 4.79 Å². The van der Waals surface area contributed by atoms with Gasteiger partial charge in [0.05, 0.1) is 18.7 Å². The molecule has 1 aliphatic rings. The van der Waals surface area contributed by atoms with Crippen LogP contribution < -0.4 is 0 Å². The molecule has 0 saturated carbocycles. The molecule has 0 aliphatic carbocycles. The molecule has 0 radical (unpaired) electrons. The van der Waals surface area contributed by atoms with Gasteiger partial charge in [-0.05, 0) is 19.8 Å². The van der Waals surface area contributed by atoms with Crippen LogP contribution in [0.5, 0.6) is 0 Å². The molecule has 1 N–H and O–H groups in total. The number of carbonyl (C=O) groups excluding carboxylic acids is 1. The fourth-order valence-electron chi connectivity index (χ4n) is 2.28. The van der Waals surface area contributed by atoms with Crippen LogP contribution in [0.1, 0.15) is 46.5 Å². The van der Waals surface area contributed by atoms with Gasteiger partial charge in [0.25, 0.3) is 0 Å². The smallest absolute Gasteiger partial charge is 0.225 e. The average Bonchev–Trinajstić information content (AvgIpc) is 2.12. The summed E-state index contributed by atoms with van der Waals surface area (Å²) in [5.74, 6) is 0.418. The molecule has 0 aromatic carbocycles. The molecule has 0 spiro atoms. The second kappa shape index (κ2) is 4.97. The van der Waals surface area contributed by atoms with Crippen molar-refractivity contribution in [3.63, 3.8) is 0 Å². The van der Waals surface area contributed by atoms with Gasteiger partial charge in [0.2, 0.25) is 5.91 Å². The monoisotopic (exact) mass is 213 g/mol. The Morgan fingerprint density at radius 1 is 1.33 bits per heavy atom. The number of aliphatic hydroxyl groups is 1. The largest absolute Gasteiger partial charge is 0.386 e. The third-order valence-corrected chi connectivity index (χ3v) is 3.00. The first-order valence-corrected chi connectivity index (χ1v) is 6.01. The van der Waals surface area contributed by atoms with Crippen LogP contribution in [0, 0.1) is 5.92 Å². The molecule has 0 unspecified atom stereocenters. The molecule has 1 heterocycles. The Morgan fingerprint density at radius 3 is 2.13 bits per heavy atom. The molecule has 0 atom stereocenters. The molecule has 1 aliphatic heterocycles. The average molecular weight is 213 g/mol. The normalized spacial score (nSPS) is 19.1. The van der Waals surface area contributed by atoms with Crippen molar-refractivity contribution < 1.29 is 9.90 Å². The predicted octanol–water partition coefficient (Wildman–Crippen LogP) is 1.80. The third kappa shape index (κ3) is 3.20. The van der Waals surface area contributed by atoms with Gasteiger partial charge >= 0.3 is 0 Å². The highest BCUT2D eigenvalue weighted by atomic mass is 16.3. The van der Waals surface area contributed by atoms with Crippen molar-refractivity contribution in [1.82, 2.24) is 4.90 Å². The predicted molar refractivity (Wildman–Crippen MR) is 60.5 cm³/mol. The van der Waals surface area contributed by atoms with E-state index in [-0.39, 0.29) is 11.8 Å². The molecule has 0 bridgehead atoms. The minimum atomic E-state index is -0.640. The molecule has 0 aromatic heterocycles. The molecule has 0 aromatic rings. The topological polar surface area (TPSA) is 40.5 Å². The molecular weight excluding hydrogens is 190 g/mol. The van der Waals surface area contributed by atoms with Crippen molar-refractivity contribution in [3.05, 3.63) is 0 Å². The summed E-state index contributed by atoms with van der Waals surface area (Å²) in [7, 11) is 0. The van der Waals surface area contributed by atoms with Gasteiger partial charge in [0.1, 0.15) is 0 Å². The fourth-order valence-corrected chi connectivity index (χ4v) is 2.28. The van der Waals surface area contributed by atoms with E-state index < -0.39 is 5.60 Å². The van der Waals surface area contributed by atoms with Gasteiger partial charge in [0.15, 0.2) is 0 Å². The van der Waals surface area contributed by atoms with Gasteiger partial charge in [-0.3, -0.25) is 4.79 Å². The van der Waals surface area contributed by atoms with E-state index in [1.54, 1.807) is 11.8 Å². The van der Waals surface area contributed by atoms with E-state index in [0.717, 1.165) is 25.7 Å². The minimum Gasteiger partial charge on any atom is -0.386 e. The molecule has 1 amide bonds. The zero-order chi connectivity index (χ0) is 11.5. The maximum atomic E-state index is 12.0. The molecule has 15 heavy (non-hydrogen) atoms. The first-order valence-electron chi connectivity index (χ1n) is 6.01. The first kappa shape index (κ1) is 12.5. The molecular formula is C12H23NO2. The third-order valence-electron chi connectivity index (χ3n) is 3.00. The summed E-state index contributed by atoms with van der Waals surface area (Å²) in [4.78, 5) is 13.8. The Labute approximate surface area is 92.5 Å². The second-order valence-electron chi connectivity index (χ2n) is 4.97. The first-order chi connectivity index (χ1) is 7.00. The van der Waals surface area contributed by atoms with Crippen molar-refractivity contribution in [3.8, 4) is 0 Å². The Balaban J connectivity index is 2.43. The van der Waals surface area contributed by atoms with Gasteiger partial charge in [-0.1, -0.05) is 26.7 Å². The number of β-amino-alcohol motifs (C(OH)–C–C–N with tert-alkyl or cyclic N) is 1. The van der Waals surface area contributed by atoms with E-state index in [2.05, 4.69) is 13.8 Å². The molecule has 1 saturated heterocycles. The van der Waals surface area contributed by atoms with E-state index >= 15 is 0 Å². The summed E-state index contributed by atoms with van der Waals surface area (Å²) in [6.07, 6.45) is 4.07. The van der Waals surface area contributed by atoms with Crippen LogP contribution in [0.2, 0.25) is 0 Å². The van der Waals surface area contributed by atoms with Gasteiger partial charge in [-0.25, -0.2) is 0 Å². The van der Waals surface area contributed by atoms with Crippen molar-refractivity contribution >= 4 is 5.91 Å². The van der Waals surface area contributed by atoms with E-state index in [0.29, 0.717) is 13.1 Å². The number of hydrogen-bond acceptors (Lipinski definition) is 2. The summed E-state index contributed by atoms with van der Waals surface area (Å²) in [5, 5.41) is 9.58. The van der Waals surface area contributed by atoms with Crippen molar-refractivity contribution in [2.24, 2.45) is 5.92 Å². The second-order valence-corrected chi connectivity index (χ2v) is 4.97. The molecule has 1 fully saturated rings. The van der Waals surface area contributed by atoms with Crippen LogP contribution in [0.3, 0.4) is 0 Å². The van der Waals surface area contributed by atoms with Gasteiger partial charge in [0, 0.05) is 5.92 Å². The number of carbonyl (C=O) groups is 1. The van der Waals surface area contributed by atoms with Gasteiger partial charge in [-0.15, -0.1) is 0 Å². The van der Waals surface area contributed by atoms with Gasteiger partial charge < -0.3 is 10.0 Å². The number of nitrogens with zero attached hydrogens (tertiary/aromatic N) is 1. The Bertz CT molecular complexity index is 212. The van der Waals surface area contributed by atoms with Gasteiger partial charge in [-0.2, -0.15) is 0 Å². The minimum absolute atomic E-state index is 0.177. The van der Waals surface area contributed by atoms with Crippen LogP contribution in [0.25, 0.3) is 0 Å². The van der Waals surface area contributed by atoms with Crippen molar-refractivity contribution in [2.45, 2.75) is 52.1 Å². The number of hydrogen-bond donors (Lipinski definition) is 1. The van der Waals surface area contributed by atoms with E-state index in [1.165, 1.54) is 0 Å². The highest BCUT2D eigenvalue weighted by Crippen LogP contribution is 2.25. The highest BCUT2D eigenvalue weighted by Gasteiger charge is 2.40. The molecule has 88 valence electrons.